The van der Waals surface area contributed by atoms with E-state index in [2.05, 4.69) is 132 Å². The monoisotopic (exact) mass is 431 g/mol. The van der Waals surface area contributed by atoms with E-state index in [1.807, 2.05) is 0 Å². The van der Waals surface area contributed by atoms with Gasteiger partial charge in [0.2, 0.25) is 0 Å². The van der Waals surface area contributed by atoms with E-state index in [4.69, 9.17) is 0 Å². The summed E-state index contributed by atoms with van der Waals surface area (Å²) in [5.41, 5.74) is 1.31. The molecule has 2 heteroatoms. The topological polar surface area (TPSA) is 0 Å². The van der Waals surface area contributed by atoms with Crippen LogP contribution < -0.4 is 21.2 Å². The summed E-state index contributed by atoms with van der Waals surface area (Å²) in [5, 5.41) is 5.54. The second-order valence-electron chi connectivity index (χ2n) is 6.56. The molecule has 0 aliphatic rings. The maximum absolute atomic E-state index is 3.77. The summed E-state index contributed by atoms with van der Waals surface area (Å²) in [7, 11) is -2.00. The SMILES string of the molecule is Cc1c(Br)cccc1[P+](c1ccccc1)(c1ccccc1)c1ccccc1. The molecule has 4 rings (SSSR count). The van der Waals surface area contributed by atoms with E-state index in [-0.39, 0.29) is 0 Å². The van der Waals surface area contributed by atoms with E-state index < -0.39 is 7.26 Å². The Balaban J connectivity index is 2.18. The van der Waals surface area contributed by atoms with Crippen LogP contribution in [0, 0.1) is 6.92 Å². The van der Waals surface area contributed by atoms with Crippen LogP contribution in [0.2, 0.25) is 0 Å². The summed E-state index contributed by atoms with van der Waals surface area (Å²) in [6.07, 6.45) is 0. The number of halogens is 1. The Morgan fingerprint density at radius 2 is 0.926 bits per heavy atom. The molecule has 0 radical (unpaired) electrons. The van der Waals surface area contributed by atoms with Crippen molar-refractivity contribution in [2.45, 2.75) is 6.92 Å². The molecule has 0 saturated carbocycles. The lowest BCUT2D eigenvalue weighted by atomic mass is 10.2. The number of hydrogen-bond donors (Lipinski definition) is 0. The van der Waals surface area contributed by atoms with Crippen molar-refractivity contribution < 1.29 is 0 Å². The fourth-order valence-electron chi connectivity index (χ4n) is 3.78. The van der Waals surface area contributed by atoms with Crippen molar-refractivity contribution in [3.05, 3.63) is 119 Å². The van der Waals surface area contributed by atoms with Gasteiger partial charge in [0.15, 0.2) is 0 Å². The standard InChI is InChI=1S/C25H21BrP/c1-20-24(26)18-11-19-25(20)27(21-12-5-2-6-13-21,22-14-7-3-8-15-22)23-16-9-4-10-17-23/h2-19H,1H3/q+1. The van der Waals surface area contributed by atoms with Crippen molar-refractivity contribution >= 4 is 44.4 Å². The lowest BCUT2D eigenvalue weighted by molar-refractivity contribution is 1.47. The summed E-state index contributed by atoms with van der Waals surface area (Å²) in [6.45, 7) is 2.23. The van der Waals surface area contributed by atoms with Gasteiger partial charge in [-0.25, -0.2) is 0 Å². The van der Waals surface area contributed by atoms with Crippen molar-refractivity contribution in [3.8, 4) is 0 Å². The minimum atomic E-state index is -2.00. The first-order valence-electron chi connectivity index (χ1n) is 9.06. The first kappa shape index (κ1) is 18.2. The van der Waals surface area contributed by atoms with Gasteiger partial charge in [-0.3, -0.25) is 0 Å². The quantitative estimate of drug-likeness (QED) is 0.380. The van der Waals surface area contributed by atoms with E-state index >= 15 is 0 Å². The van der Waals surface area contributed by atoms with Gasteiger partial charge in [-0.1, -0.05) is 76.6 Å². The zero-order valence-corrected chi connectivity index (χ0v) is 17.7. The Morgan fingerprint density at radius 3 is 1.33 bits per heavy atom. The van der Waals surface area contributed by atoms with E-state index in [1.165, 1.54) is 26.8 Å². The Kier molecular flexibility index (Phi) is 5.25. The van der Waals surface area contributed by atoms with E-state index in [0.29, 0.717) is 0 Å². The molecule has 0 aliphatic heterocycles. The van der Waals surface area contributed by atoms with Gasteiger partial charge in [0.05, 0.1) is 0 Å². The highest BCUT2D eigenvalue weighted by molar-refractivity contribution is 9.10. The molecule has 0 aliphatic carbocycles. The normalized spacial score (nSPS) is 11.3. The molecule has 4 aromatic rings. The molecule has 0 amide bonds. The third-order valence-corrected chi connectivity index (χ3v) is 10.3. The molecule has 4 aromatic carbocycles. The van der Waals surface area contributed by atoms with Crippen LogP contribution >= 0.6 is 23.2 Å². The molecular formula is C25H21BrP+. The molecule has 0 heterocycles. The maximum atomic E-state index is 3.77. The van der Waals surface area contributed by atoms with Crippen LogP contribution in [0.15, 0.2) is 114 Å². The highest BCUT2D eigenvalue weighted by Gasteiger charge is 2.48. The zero-order valence-electron chi connectivity index (χ0n) is 15.2. The molecule has 0 bridgehead atoms. The largest absolute Gasteiger partial charge is 0.144 e. The van der Waals surface area contributed by atoms with Crippen molar-refractivity contribution in [2.24, 2.45) is 0 Å². The lowest BCUT2D eigenvalue weighted by Crippen LogP contribution is -2.39. The summed E-state index contributed by atoms with van der Waals surface area (Å²) in [5.74, 6) is 0. The van der Waals surface area contributed by atoms with Crippen molar-refractivity contribution in [1.82, 2.24) is 0 Å². The van der Waals surface area contributed by atoms with Gasteiger partial charge in [0, 0.05) is 10.0 Å². The molecule has 0 saturated heterocycles. The molecule has 27 heavy (non-hydrogen) atoms. The van der Waals surface area contributed by atoms with E-state index in [9.17, 15) is 0 Å². The average Bonchev–Trinajstić information content (AvgIpc) is 2.74. The van der Waals surface area contributed by atoms with Crippen LogP contribution in [-0.2, 0) is 0 Å². The first-order chi connectivity index (χ1) is 13.2. The molecule has 132 valence electrons. The smallest absolute Gasteiger partial charge is 0.0620 e. The molecule has 0 unspecified atom stereocenters. The minimum absolute atomic E-state index is 1.16. The molecule has 0 spiro atoms. The minimum Gasteiger partial charge on any atom is -0.0620 e. The molecule has 0 aromatic heterocycles. The van der Waals surface area contributed by atoms with E-state index in [0.717, 1.165) is 4.47 Å². The van der Waals surface area contributed by atoms with Crippen LogP contribution in [0.1, 0.15) is 5.56 Å². The molecular weight excluding hydrogens is 411 g/mol. The number of rotatable bonds is 4. The summed E-state index contributed by atoms with van der Waals surface area (Å²) in [6, 6.07) is 39.6. The van der Waals surface area contributed by atoms with Gasteiger partial charge in [-0.15, -0.1) is 0 Å². The Bertz CT molecular complexity index is 931. The molecule has 0 fully saturated rings. The summed E-state index contributed by atoms with van der Waals surface area (Å²) < 4.78 is 1.16. The third-order valence-electron chi connectivity index (χ3n) is 5.03. The van der Waals surface area contributed by atoms with Gasteiger partial charge < -0.3 is 0 Å². The lowest BCUT2D eigenvalue weighted by Gasteiger charge is -2.29. The van der Waals surface area contributed by atoms with E-state index in [1.54, 1.807) is 0 Å². The predicted molar refractivity (Wildman–Crippen MR) is 124 cm³/mol. The fraction of sp³-hybridized carbons (Fsp3) is 0.0400. The van der Waals surface area contributed by atoms with Gasteiger partial charge in [-0.05, 0) is 55.5 Å². The average molecular weight is 432 g/mol. The zero-order chi connectivity index (χ0) is 18.7. The number of hydrogen-bond acceptors (Lipinski definition) is 0. The van der Waals surface area contributed by atoms with Crippen LogP contribution in [0.5, 0.6) is 0 Å². The Morgan fingerprint density at radius 1 is 0.519 bits per heavy atom. The fourth-order valence-corrected chi connectivity index (χ4v) is 8.82. The van der Waals surface area contributed by atoms with Crippen molar-refractivity contribution in [3.63, 3.8) is 0 Å². The van der Waals surface area contributed by atoms with Crippen molar-refractivity contribution in [2.75, 3.05) is 0 Å². The van der Waals surface area contributed by atoms with Gasteiger partial charge in [0.1, 0.15) is 28.5 Å². The summed E-state index contributed by atoms with van der Waals surface area (Å²) in [4.78, 5) is 0. The van der Waals surface area contributed by atoms with Gasteiger partial charge >= 0.3 is 0 Å². The van der Waals surface area contributed by atoms with Crippen LogP contribution in [0.25, 0.3) is 0 Å². The highest BCUT2D eigenvalue weighted by Crippen LogP contribution is 2.55. The predicted octanol–water partition coefficient (Wildman–Crippen LogP) is 5.38. The van der Waals surface area contributed by atoms with Crippen molar-refractivity contribution in [1.29, 1.82) is 0 Å². The number of benzene rings is 4. The first-order valence-corrected chi connectivity index (χ1v) is 11.6. The Labute approximate surface area is 170 Å². The second-order valence-corrected chi connectivity index (χ2v) is 10.8. The van der Waals surface area contributed by atoms with Crippen LogP contribution in [0.3, 0.4) is 0 Å². The van der Waals surface area contributed by atoms with Crippen LogP contribution in [-0.4, -0.2) is 0 Å². The molecule has 0 nitrogen and oxygen atoms in total. The molecule has 0 atom stereocenters. The third kappa shape index (κ3) is 3.16. The summed E-state index contributed by atoms with van der Waals surface area (Å²) >= 11 is 3.77. The molecule has 0 N–H and O–H groups in total. The maximum Gasteiger partial charge on any atom is 0.144 e. The van der Waals surface area contributed by atoms with Gasteiger partial charge in [0.25, 0.3) is 0 Å². The Hall–Kier alpha value is -2.21. The second kappa shape index (κ2) is 7.80. The van der Waals surface area contributed by atoms with Crippen LogP contribution in [0.4, 0.5) is 0 Å². The highest BCUT2D eigenvalue weighted by atomic mass is 79.9. The van der Waals surface area contributed by atoms with Gasteiger partial charge in [-0.2, -0.15) is 0 Å².